The minimum atomic E-state index is -0.963. The molecule has 2 atom stereocenters. The molecule has 3 fully saturated rings. The number of aromatic nitrogens is 2. The van der Waals surface area contributed by atoms with Crippen molar-refractivity contribution >= 4 is 12.1 Å². The maximum atomic E-state index is 13.1. The zero-order valence-corrected chi connectivity index (χ0v) is 19.8. The molecule has 0 radical (unpaired) electrons. The first-order valence-electron chi connectivity index (χ1n) is 11.8. The molecular formula is C24H31N5O5. The molecule has 10 heteroatoms. The third-order valence-electron chi connectivity index (χ3n) is 7.07. The molecule has 1 aliphatic carbocycles. The summed E-state index contributed by atoms with van der Waals surface area (Å²) in [5.41, 5.74) is 0.0205. The van der Waals surface area contributed by atoms with Crippen LogP contribution in [0.5, 0.6) is 0 Å². The van der Waals surface area contributed by atoms with Gasteiger partial charge in [0.15, 0.2) is 0 Å². The fraction of sp³-hybridized carbons (Fsp3) is 0.583. The van der Waals surface area contributed by atoms with E-state index in [1.807, 2.05) is 51.1 Å². The minimum absolute atomic E-state index is 0.000499. The molecule has 5 rings (SSSR count). The van der Waals surface area contributed by atoms with Crippen molar-refractivity contribution in [3.05, 3.63) is 47.7 Å². The number of carbonyl (C=O) groups is 2. The minimum Gasteiger partial charge on any atom is -0.465 e. The van der Waals surface area contributed by atoms with Crippen LogP contribution >= 0.6 is 0 Å². The molecule has 10 nitrogen and oxygen atoms in total. The van der Waals surface area contributed by atoms with Crippen LogP contribution in [0, 0.1) is 0 Å². The third kappa shape index (κ3) is 4.11. The van der Waals surface area contributed by atoms with Gasteiger partial charge < -0.3 is 19.3 Å². The van der Waals surface area contributed by atoms with Crippen LogP contribution in [0.2, 0.25) is 0 Å². The van der Waals surface area contributed by atoms with Gasteiger partial charge in [-0.15, -0.1) is 10.2 Å². The molecule has 2 unspecified atom stereocenters. The highest BCUT2D eigenvalue weighted by Crippen LogP contribution is 2.49. The van der Waals surface area contributed by atoms with Crippen LogP contribution < -0.4 is 0 Å². The Labute approximate surface area is 198 Å². The van der Waals surface area contributed by atoms with Crippen molar-refractivity contribution in [2.45, 2.75) is 76.1 Å². The number of hydroxylamine groups is 2. The number of carboxylic acid groups (broad SMARTS) is 1. The van der Waals surface area contributed by atoms with Gasteiger partial charge in [-0.1, -0.05) is 30.3 Å². The Morgan fingerprint density at radius 3 is 2.62 bits per heavy atom. The van der Waals surface area contributed by atoms with E-state index in [2.05, 4.69) is 10.2 Å². The van der Waals surface area contributed by atoms with Gasteiger partial charge in [-0.2, -0.15) is 5.06 Å². The second-order valence-corrected chi connectivity index (χ2v) is 10.5. The predicted octanol–water partition coefficient (Wildman–Crippen LogP) is 3.95. The van der Waals surface area contributed by atoms with Crippen molar-refractivity contribution in [2.75, 3.05) is 13.1 Å². The summed E-state index contributed by atoms with van der Waals surface area (Å²) in [7, 11) is 0. The SMILES string of the molecule is CC(C)(C)N(CC1(c2nnc(C3CCC4CN3C(=O)N4OCc3ccccc3)o2)CC1)C(=O)O. The molecule has 1 N–H and O–H groups in total. The normalized spacial score (nSPS) is 23.3. The Balaban J connectivity index is 1.28. The number of urea groups is 1. The number of piperidine rings is 1. The summed E-state index contributed by atoms with van der Waals surface area (Å²) in [5, 5.41) is 19.8. The zero-order chi connectivity index (χ0) is 24.1. The maximum absolute atomic E-state index is 13.1. The van der Waals surface area contributed by atoms with Gasteiger partial charge in [-0.05, 0) is 52.0 Å². The average Bonchev–Trinajstić information content (AvgIpc) is 3.35. The van der Waals surface area contributed by atoms with Gasteiger partial charge in [0.2, 0.25) is 11.8 Å². The van der Waals surface area contributed by atoms with Gasteiger partial charge in [0.05, 0.1) is 11.5 Å². The molecule has 2 bridgehead atoms. The Morgan fingerprint density at radius 1 is 1.24 bits per heavy atom. The smallest absolute Gasteiger partial charge is 0.407 e. The molecule has 2 aliphatic heterocycles. The molecule has 3 aliphatic rings. The second kappa shape index (κ2) is 8.26. The molecule has 0 spiro atoms. The standard InChI is InChI=1S/C24H31N5O5/c1-23(2,3)28(22(31)32)15-24(11-12-24)20-26-25-19(34-20)18-10-9-17-13-27(18)21(30)29(17)33-14-16-7-5-4-6-8-16/h4-8,17-18H,9-15H2,1-3H3,(H,31,32). The highest BCUT2D eigenvalue weighted by atomic mass is 16.7. The summed E-state index contributed by atoms with van der Waals surface area (Å²) in [4.78, 5) is 34.0. The lowest BCUT2D eigenvalue weighted by Gasteiger charge is -2.35. The number of amides is 3. The molecule has 3 heterocycles. The van der Waals surface area contributed by atoms with E-state index in [9.17, 15) is 14.7 Å². The summed E-state index contributed by atoms with van der Waals surface area (Å²) in [6.07, 6.45) is 2.12. The van der Waals surface area contributed by atoms with Crippen LogP contribution in [0.3, 0.4) is 0 Å². The number of rotatable bonds is 7. The van der Waals surface area contributed by atoms with E-state index in [1.54, 1.807) is 4.90 Å². The van der Waals surface area contributed by atoms with Crippen molar-refractivity contribution in [2.24, 2.45) is 0 Å². The largest absolute Gasteiger partial charge is 0.465 e. The topological polar surface area (TPSA) is 112 Å². The zero-order valence-electron chi connectivity index (χ0n) is 19.8. The van der Waals surface area contributed by atoms with Gasteiger partial charge in [0.1, 0.15) is 12.6 Å². The number of nitrogens with zero attached hydrogens (tertiary/aromatic N) is 5. The van der Waals surface area contributed by atoms with E-state index in [4.69, 9.17) is 9.25 Å². The lowest BCUT2D eigenvalue weighted by molar-refractivity contribution is -0.140. The van der Waals surface area contributed by atoms with Crippen LogP contribution in [0.4, 0.5) is 9.59 Å². The molecular weight excluding hydrogens is 438 g/mol. The van der Waals surface area contributed by atoms with Crippen molar-refractivity contribution in [1.82, 2.24) is 25.1 Å². The summed E-state index contributed by atoms with van der Waals surface area (Å²) < 4.78 is 6.11. The molecule has 2 saturated heterocycles. The fourth-order valence-corrected chi connectivity index (χ4v) is 4.84. The Bertz CT molecular complexity index is 1060. The Kier molecular flexibility index (Phi) is 5.50. The Morgan fingerprint density at radius 2 is 1.97 bits per heavy atom. The quantitative estimate of drug-likeness (QED) is 0.653. The lowest BCUT2D eigenvalue weighted by atomic mass is 10.0. The van der Waals surface area contributed by atoms with Crippen molar-refractivity contribution in [3.8, 4) is 0 Å². The van der Waals surface area contributed by atoms with Gasteiger partial charge in [0.25, 0.3) is 0 Å². The lowest BCUT2D eigenvalue weighted by Crippen LogP contribution is -2.48. The first-order chi connectivity index (χ1) is 16.2. The average molecular weight is 470 g/mol. The van der Waals surface area contributed by atoms with Crippen molar-refractivity contribution < 1.29 is 24.0 Å². The molecule has 1 aromatic carbocycles. The van der Waals surface area contributed by atoms with E-state index < -0.39 is 17.0 Å². The fourth-order valence-electron chi connectivity index (χ4n) is 4.84. The molecule has 2 aromatic rings. The van der Waals surface area contributed by atoms with Crippen LogP contribution in [0.15, 0.2) is 34.7 Å². The van der Waals surface area contributed by atoms with Crippen LogP contribution in [0.1, 0.15) is 69.8 Å². The summed E-state index contributed by atoms with van der Waals surface area (Å²) in [6, 6.07) is 9.28. The number of fused-ring (bicyclic) bond motifs is 2. The predicted molar refractivity (Wildman–Crippen MR) is 121 cm³/mol. The van der Waals surface area contributed by atoms with Gasteiger partial charge in [-0.25, -0.2) is 9.59 Å². The van der Waals surface area contributed by atoms with Crippen molar-refractivity contribution in [3.63, 3.8) is 0 Å². The highest BCUT2D eigenvalue weighted by molar-refractivity contribution is 5.77. The Hall–Kier alpha value is -3.14. The number of hydrogen-bond acceptors (Lipinski definition) is 6. The van der Waals surface area contributed by atoms with E-state index in [0.717, 1.165) is 24.8 Å². The van der Waals surface area contributed by atoms with Gasteiger partial charge >= 0.3 is 12.1 Å². The van der Waals surface area contributed by atoms with Crippen LogP contribution in [-0.2, 0) is 16.9 Å². The summed E-state index contributed by atoms with van der Waals surface area (Å²) in [6.45, 7) is 6.82. The molecule has 34 heavy (non-hydrogen) atoms. The molecule has 1 saturated carbocycles. The van der Waals surface area contributed by atoms with E-state index in [0.29, 0.717) is 37.9 Å². The number of carbonyl (C=O) groups excluding carboxylic acids is 1. The highest BCUT2D eigenvalue weighted by Gasteiger charge is 2.53. The number of benzene rings is 1. The van der Waals surface area contributed by atoms with Crippen molar-refractivity contribution in [1.29, 1.82) is 0 Å². The molecule has 3 amide bonds. The third-order valence-corrected chi connectivity index (χ3v) is 7.07. The molecule has 182 valence electrons. The van der Waals surface area contributed by atoms with Gasteiger partial charge in [-0.3, -0.25) is 4.84 Å². The maximum Gasteiger partial charge on any atom is 0.407 e. The monoisotopic (exact) mass is 469 g/mol. The van der Waals surface area contributed by atoms with Gasteiger partial charge in [0, 0.05) is 18.6 Å². The van der Waals surface area contributed by atoms with E-state index >= 15 is 0 Å². The first kappa shape index (κ1) is 22.6. The second-order valence-electron chi connectivity index (χ2n) is 10.5. The van der Waals surface area contributed by atoms with Crippen LogP contribution in [-0.4, -0.2) is 67.0 Å². The summed E-state index contributed by atoms with van der Waals surface area (Å²) in [5.74, 6) is 0.875. The van der Waals surface area contributed by atoms with E-state index in [-0.39, 0.29) is 18.1 Å². The molecule has 1 aromatic heterocycles. The summed E-state index contributed by atoms with van der Waals surface area (Å²) >= 11 is 0. The first-order valence-corrected chi connectivity index (χ1v) is 11.8. The van der Waals surface area contributed by atoms with E-state index in [1.165, 1.54) is 9.96 Å². The number of hydrogen-bond donors (Lipinski definition) is 1. The van der Waals surface area contributed by atoms with Crippen LogP contribution in [0.25, 0.3) is 0 Å².